The Labute approximate surface area is 82.4 Å². The number of aldehydes is 1. The number of fused-ring (bicyclic) bond motifs is 1. The molecule has 0 amide bonds. The van der Waals surface area contributed by atoms with Gasteiger partial charge in [0.25, 0.3) is 0 Å². The van der Waals surface area contributed by atoms with Gasteiger partial charge < -0.3 is 14.9 Å². The zero-order valence-corrected chi connectivity index (χ0v) is 8.14. The first kappa shape index (κ1) is 8.87. The van der Waals surface area contributed by atoms with Crippen LogP contribution in [0.3, 0.4) is 0 Å². The number of benzene rings is 1. The third-order valence-corrected chi connectivity index (χ3v) is 2.63. The van der Waals surface area contributed by atoms with Crippen LogP contribution in [0.25, 0.3) is 0 Å². The zero-order chi connectivity index (χ0) is 10.3. The highest BCUT2D eigenvalue weighted by molar-refractivity contribution is 5.86. The number of phenols is 1. The highest BCUT2D eigenvalue weighted by Crippen LogP contribution is 2.38. The van der Waals surface area contributed by atoms with Crippen LogP contribution in [0.2, 0.25) is 0 Å². The number of rotatable bonds is 1. The summed E-state index contributed by atoms with van der Waals surface area (Å²) in [4.78, 5) is 14.5. The van der Waals surface area contributed by atoms with Crippen molar-refractivity contribution in [3.05, 3.63) is 18.2 Å². The standard InChI is InChI=1S/C10H12N2O2/c1-11-8-4-3-7(14)5-9(8)12(2)10(11)6-13/h3-6,10,14H,1-2H3. The van der Waals surface area contributed by atoms with Gasteiger partial charge in [0.15, 0.2) is 12.5 Å². The Morgan fingerprint density at radius 3 is 2.57 bits per heavy atom. The van der Waals surface area contributed by atoms with E-state index < -0.39 is 0 Å². The lowest BCUT2D eigenvalue weighted by molar-refractivity contribution is -0.108. The normalized spacial score (nSPS) is 19.7. The molecule has 1 aromatic carbocycles. The molecule has 1 heterocycles. The van der Waals surface area contributed by atoms with Crippen LogP contribution in [0, 0.1) is 0 Å². The van der Waals surface area contributed by atoms with Crippen LogP contribution in [-0.4, -0.2) is 31.7 Å². The first-order valence-corrected chi connectivity index (χ1v) is 4.39. The summed E-state index contributed by atoms with van der Waals surface area (Å²) in [6, 6.07) is 5.09. The molecule has 0 fully saturated rings. The van der Waals surface area contributed by atoms with Crippen LogP contribution in [0.1, 0.15) is 0 Å². The van der Waals surface area contributed by atoms with Gasteiger partial charge in [0.05, 0.1) is 11.4 Å². The van der Waals surface area contributed by atoms with Gasteiger partial charge in [0.2, 0.25) is 0 Å². The van der Waals surface area contributed by atoms with E-state index in [1.807, 2.05) is 30.0 Å². The first-order chi connectivity index (χ1) is 6.65. The fourth-order valence-electron chi connectivity index (χ4n) is 1.82. The van der Waals surface area contributed by atoms with Crippen molar-refractivity contribution < 1.29 is 9.90 Å². The van der Waals surface area contributed by atoms with Gasteiger partial charge in [-0.2, -0.15) is 0 Å². The van der Waals surface area contributed by atoms with E-state index in [4.69, 9.17) is 0 Å². The molecule has 4 nitrogen and oxygen atoms in total. The summed E-state index contributed by atoms with van der Waals surface area (Å²) in [6.07, 6.45) is 0.614. The van der Waals surface area contributed by atoms with Crippen molar-refractivity contribution in [1.29, 1.82) is 0 Å². The molecular weight excluding hydrogens is 180 g/mol. The fraction of sp³-hybridized carbons (Fsp3) is 0.300. The minimum Gasteiger partial charge on any atom is -0.508 e. The predicted molar refractivity (Wildman–Crippen MR) is 54.8 cm³/mol. The molecule has 0 saturated carbocycles. The number of nitrogens with zero attached hydrogens (tertiary/aromatic N) is 2. The van der Waals surface area contributed by atoms with Gasteiger partial charge in [-0.25, -0.2) is 0 Å². The number of likely N-dealkylation sites (N-methyl/N-ethyl adjacent to an activating group) is 2. The number of anilines is 2. The Bertz CT molecular complexity index is 378. The van der Waals surface area contributed by atoms with Crippen LogP contribution in [0.4, 0.5) is 11.4 Å². The molecule has 14 heavy (non-hydrogen) atoms. The van der Waals surface area contributed by atoms with Crippen LogP contribution in [-0.2, 0) is 4.79 Å². The number of carbonyl (C=O) groups excluding carboxylic acids is 1. The van der Waals surface area contributed by atoms with Crippen molar-refractivity contribution in [3.8, 4) is 5.75 Å². The molecule has 2 rings (SSSR count). The second kappa shape index (κ2) is 2.90. The highest BCUT2D eigenvalue weighted by Gasteiger charge is 2.30. The average molecular weight is 192 g/mol. The largest absolute Gasteiger partial charge is 0.508 e. The van der Waals surface area contributed by atoms with Crippen molar-refractivity contribution >= 4 is 17.7 Å². The minimum atomic E-state index is -0.271. The highest BCUT2D eigenvalue weighted by atomic mass is 16.3. The van der Waals surface area contributed by atoms with Crippen molar-refractivity contribution in [2.24, 2.45) is 0 Å². The smallest absolute Gasteiger partial charge is 0.162 e. The fourth-order valence-corrected chi connectivity index (χ4v) is 1.82. The van der Waals surface area contributed by atoms with Crippen LogP contribution >= 0.6 is 0 Å². The third-order valence-electron chi connectivity index (χ3n) is 2.63. The number of hydrogen-bond acceptors (Lipinski definition) is 4. The van der Waals surface area contributed by atoms with E-state index in [1.165, 1.54) is 0 Å². The van der Waals surface area contributed by atoms with E-state index in [-0.39, 0.29) is 11.9 Å². The third kappa shape index (κ3) is 1.04. The lowest BCUT2D eigenvalue weighted by atomic mass is 10.2. The molecule has 0 aliphatic carbocycles. The van der Waals surface area contributed by atoms with E-state index in [0.29, 0.717) is 0 Å². The summed E-state index contributed by atoms with van der Waals surface area (Å²) in [7, 11) is 3.69. The van der Waals surface area contributed by atoms with E-state index >= 15 is 0 Å². The van der Waals surface area contributed by atoms with Gasteiger partial charge in [-0.3, -0.25) is 4.79 Å². The minimum absolute atomic E-state index is 0.218. The molecule has 0 saturated heterocycles. The molecule has 1 aromatic rings. The van der Waals surface area contributed by atoms with E-state index in [1.54, 1.807) is 12.1 Å². The molecule has 1 aliphatic rings. The van der Waals surface area contributed by atoms with Gasteiger partial charge in [-0.1, -0.05) is 0 Å². The van der Waals surface area contributed by atoms with Gasteiger partial charge >= 0.3 is 0 Å². The second-order valence-corrected chi connectivity index (χ2v) is 3.44. The van der Waals surface area contributed by atoms with Crippen LogP contribution in [0.15, 0.2) is 18.2 Å². The molecule has 1 atom stereocenters. The number of hydrogen-bond donors (Lipinski definition) is 1. The Morgan fingerprint density at radius 1 is 1.29 bits per heavy atom. The first-order valence-electron chi connectivity index (χ1n) is 4.39. The lowest BCUT2D eigenvalue weighted by Gasteiger charge is -2.21. The van der Waals surface area contributed by atoms with Gasteiger partial charge in [-0.05, 0) is 12.1 Å². The van der Waals surface area contributed by atoms with E-state index in [2.05, 4.69) is 0 Å². The summed E-state index contributed by atoms with van der Waals surface area (Å²) >= 11 is 0. The van der Waals surface area contributed by atoms with Crippen LogP contribution in [0.5, 0.6) is 5.75 Å². The van der Waals surface area contributed by atoms with E-state index in [9.17, 15) is 9.90 Å². The molecule has 4 heteroatoms. The lowest BCUT2D eigenvalue weighted by Crippen LogP contribution is -2.40. The van der Waals surface area contributed by atoms with Crippen molar-refractivity contribution in [3.63, 3.8) is 0 Å². The maximum atomic E-state index is 10.8. The molecule has 1 N–H and O–H groups in total. The maximum Gasteiger partial charge on any atom is 0.162 e. The SMILES string of the molecule is CN1c2ccc(O)cc2N(C)C1C=O. The number of aromatic hydroxyl groups is 1. The molecule has 0 bridgehead atoms. The topological polar surface area (TPSA) is 43.8 Å². The summed E-state index contributed by atoms with van der Waals surface area (Å²) in [5.41, 5.74) is 1.84. The summed E-state index contributed by atoms with van der Waals surface area (Å²) in [5, 5.41) is 9.33. The van der Waals surface area contributed by atoms with Gasteiger partial charge in [0, 0.05) is 20.2 Å². The van der Waals surface area contributed by atoms with Crippen molar-refractivity contribution in [2.75, 3.05) is 23.9 Å². The van der Waals surface area contributed by atoms with Crippen LogP contribution < -0.4 is 9.80 Å². The van der Waals surface area contributed by atoms with E-state index in [0.717, 1.165) is 17.7 Å². The number of phenolic OH excluding ortho intramolecular Hbond substituents is 1. The molecule has 0 radical (unpaired) electrons. The van der Waals surface area contributed by atoms with Gasteiger partial charge in [0.1, 0.15) is 5.75 Å². The molecule has 1 unspecified atom stereocenters. The monoisotopic (exact) mass is 192 g/mol. The summed E-state index contributed by atoms with van der Waals surface area (Å²) in [6.45, 7) is 0. The zero-order valence-electron chi connectivity index (χ0n) is 8.14. The van der Waals surface area contributed by atoms with Gasteiger partial charge in [-0.15, -0.1) is 0 Å². The molecule has 0 aromatic heterocycles. The molecule has 74 valence electrons. The Morgan fingerprint density at radius 2 is 1.93 bits per heavy atom. The van der Waals surface area contributed by atoms with Crippen molar-refractivity contribution in [2.45, 2.75) is 6.17 Å². The van der Waals surface area contributed by atoms with Crippen molar-refractivity contribution in [1.82, 2.24) is 0 Å². The molecule has 0 spiro atoms. The summed E-state index contributed by atoms with van der Waals surface area (Å²) in [5.74, 6) is 0.218. The second-order valence-electron chi connectivity index (χ2n) is 3.44. The maximum absolute atomic E-state index is 10.8. The molecule has 1 aliphatic heterocycles. The predicted octanol–water partition coefficient (Wildman–Crippen LogP) is 0.803. The average Bonchev–Trinajstić information content (AvgIpc) is 2.39. The molecular formula is C10H12N2O2. The Kier molecular flexibility index (Phi) is 1.84. The summed E-state index contributed by atoms with van der Waals surface area (Å²) < 4.78 is 0. The quantitative estimate of drug-likeness (QED) is 0.668. The Balaban J connectivity index is 2.52. The Hall–Kier alpha value is -1.71. The number of carbonyl (C=O) groups is 1.